The van der Waals surface area contributed by atoms with Crippen LogP contribution < -0.4 is 5.32 Å². The van der Waals surface area contributed by atoms with Crippen molar-refractivity contribution in [3.8, 4) is 11.3 Å². The molecule has 0 radical (unpaired) electrons. The van der Waals surface area contributed by atoms with E-state index in [0.29, 0.717) is 5.75 Å². The molecule has 1 amide bonds. The van der Waals surface area contributed by atoms with E-state index >= 15 is 0 Å². The van der Waals surface area contributed by atoms with Gasteiger partial charge >= 0.3 is 0 Å². The maximum absolute atomic E-state index is 12.3. The molecule has 0 unspecified atom stereocenters. The van der Waals surface area contributed by atoms with Gasteiger partial charge in [0.05, 0.1) is 17.0 Å². The lowest BCUT2D eigenvalue weighted by Crippen LogP contribution is -2.13. The summed E-state index contributed by atoms with van der Waals surface area (Å²) in [5.41, 5.74) is 3.61. The second-order valence-corrected chi connectivity index (χ2v) is 7.17. The van der Waals surface area contributed by atoms with Gasteiger partial charge in [0.15, 0.2) is 0 Å². The zero-order valence-electron chi connectivity index (χ0n) is 14.6. The summed E-state index contributed by atoms with van der Waals surface area (Å²) < 4.78 is 0. The Balaban J connectivity index is 1.47. The van der Waals surface area contributed by atoms with E-state index in [1.54, 1.807) is 0 Å². The average Bonchev–Trinajstić information content (AvgIpc) is 2.73. The molecule has 0 bridgehead atoms. The second kappa shape index (κ2) is 8.06. The molecule has 1 heterocycles. The number of carbonyl (C=O) groups excluding carboxylic acids is 1. The number of rotatable bonds is 5. The van der Waals surface area contributed by atoms with Gasteiger partial charge in [-0.2, -0.15) is 0 Å². The van der Waals surface area contributed by atoms with Crippen LogP contribution in [0.1, 0.15) is 0 Å². The molecule has 0 aliphatic rings. The molecule has 132 valence electrons. The highest BCUT2D eigenvalue weighted by molar-refractivity contribution is 8.00. The monoisotopic (exact) mass is 370 g/mol. The third-order valence-electron chi connectivity index (χ3n) is 4.15. The van der Waals surface area contributed by atoms with Crippen molar-refractivity contribution in [3.05, 3.63) is 91.0 Å². The van der Waals surface area contributed by atoms with Crippen LogP contribution >= 0.6 is 11.8 Å². The first-order valence-corrected chi connectivity index (χ1v) is 9.70. The Morgan fingerprint density at radius 3 is 2.56 bits per heavy atom. The second-order valence-electron chi connectivity index (χ2n) is 6.12. The molecule has 0 saturated heterocycles. The number of hydrogen-bond donors (Lipinski definition) is 1. The van der Waals surface area contributed by atoms with Crippen molar-refractivity contribution in [2.45, 2.75) is 4.90 Å². The van der Waals surface area contributed by atoms with Crippen LogP contribution in [0.15, 0.2) is 95.9 Å². The van der Waals surface area contributed by atoms with Gasteiger partial charge in [-0.25, -0.2) is 4.98 Å². The smallest absolute Gasteiger partial charge is 0.234 e. The lowest BCUT2D eigenvalue weighted by molar-refractivity contribution is -0.113. The molecule has 0 aliphatic heterocycles. The Bertz CT molecular complexity index is 1080. The van der Waals surface area contributed by atoms with E-state index in [1.807, 2.05) is 84.9 Å². The predicted octanol–water partition coefficient (Wildman–Crippen LogP) is 5.63. The van der Waals surface area contributed by atoms with Gasteiger partial charge in [-0.15, -0.1) is 11.8 Å². The number of hydrogen-bond acceptors (Lipinski definition) is 3. The third-order valence-corrected chi connectivity index (χ3v) is 5.17. The minimum absolute atomic E-state index is 0.0209. The lowest BCUT2D eigenvalue weighted by atomic mass is 10.1. The molecule has 1 aromatic heterocycles. The highest BCUT2D eigenvalue weighted by atomic mass is 32.2. The maximum atomic E-state index is 12.3. The fourth-order valence-electron chi connectivity index (χ4n) is 2.85. The quantitative estimate of drug-likeness (QED) is 0.463. The number of anilines is 1. The Hall–Kier alpha value is -3.11. The first-order chi connectivity index (χ1) is 13.3. The van der Waals surface area contributed by atoms with Gasteiger partial charge in [-0.3, -0.25) is 4.79 Å². The summed E-state index contributed by atoms with van der Waals surface area (Å²) in [7, 11) is 0. The van der Waals surface area contributed by atoms with E-state index in [0.717, 1.165) is 32.7 Å². The minimum Gasteiger partial charge on any atom is -0.325 e. The first kappa shape index (κ1) is 17.3. The number of para-hydroxylation sites is 1. The summed E-state index contributed by atoms with van der Waals surface area (Å²) in [6, 6.07) is 29.8. The van der Waals surface area contributed by atoms with Gasteiger partial charge < -0.3 is 5.32 Å². The van der Waals surface area contributed by atoms with Crippen molar-refractivity contribution in [1.82, 2.24) is 4.98 Å². The van der Waals surface area contributed by atoms with Crippen LogP contribution in [0.3, 0.4) is 0 Å². The fourth-order valence-corrected chi connectivity index (χ4v) is 3.57. The summed E-state index contributed by atoms with van der Waals surface area (Å²) in [5.74, 6) is 0.357. The van der Waals surface area contributed by atoms with Crippen LogP contribution in [0.4, 0.5) is 5.69 Å². The number of carbonyl (C=O) groups is 1. The summed E-state index contributed by atoms with van der Waals surface area (Å²) in [6.07, 6.45) is 0. The summed E-state index contributed by atoms with van der Waals surface area (Å²) in [5, 5.41) is 4.09. The van der Waals surface area contributed by atoms with Gasteiger partial charge in [0, 0.05) is 21.5 Å². The zero-order chi connectivity index (χ0) is 18.5. The van der Waals surface area contributed by atoms with Crippen LogP contribution in [0.25, 0.3) is 22.2 Å². The van der Waals surface area contributed by atoms with Gasteiger partial charge in [0.1, 0.15) is 0 Å². The van der Waals surface area contributed by atoms with E-state index in [1.165, 1.54) is 11.8 Å². The van der Waals surface area contributed by atoms with E-state index in [2.05, 4.69) is 11.4 Å². The number of thioether (sulfide) groups is 1. The molecule has 3 aromatic carbocycles. The number of benzene rings is 3. The Morgan fingerprint density at radius 2 is 1.67 bits per heavy atom. The standard InChI is InChI=1S/C23H18N2OS/c26-23(16-27-20-10-2-1-3-11-20)24-19-9-6-8-18(15-19)22-14-13-17-7-4-5-12-21(17)25-22/h1-15H,16H2,(H,24,26). The lowest BCUT2D eigenvalue weighted by Gasteiger charge is -2.08. The van der Waals surface area contributed by atoms with Crippen molar-refractivity contribution >= 4 is 34.3 Å². The average molecular weight is 370 g/mol. The van der Waals surface area contributed by atoms with Crippen LogP contribution in [0, 0.1) is 0 Å². The van der Waals surface area contributed by atoms with Gasteiger partial charge in [-0.05, 0) is 36.4 Å². The summed E-state index contributed by atoms with van der Waals surface area (Å²) >= 11 is 1.53. The van der Waals surface area contributed by atoms with Crippen LogP contribution in [-0.2, 0) is 4.79 Å². The van der Waals surface area contributed by atoms with Gasteiger partial charge in [-0.1, -0.05) is 54.6 Å². The number of nitrogens with zero attached hydrogens (tertiary/aromatic N) is 1. The number of nitrogens with one attached hydrogen (secondary N) is 1. The van der Waals surface area contributed by atoms with Crippen LogP contribution in [-0.4, -0.2) is 16.6 Å². The van der Waals surface area contributed by atoms with Crippen molar-refractivity contribution in [3.63, 3.8) is 0 Å². The summed E-state index contributed by atoms with van der Waals surface area (Å²) in [4.78, 5) is 18.1. The molecule has 0 saturated carbocycles. The third kappa shape index (κ3) is 4.36. The van der Waals surface area contributed by atoms with Crippen molar-refractivity contribution in [2.75, 3.05) is 11.1 Å². The molecule has 4 rings (SSSR count). The zero-order valence-corrected chi connectivity index (χ0v) is 15.4. The maximum Gasteiger partial charge on any atom is 0.234 e. The van der Waals surface area contributed by atoms with Gasteiger partial charge in [0.2, 0.25) is 5.91 Å². The number of amides is 1. The van der Waals surface area contributed by atoms with E-state index < -0.39 is 0 Å². The van der Waals surface area contributed by atoms with Crippen molar-refractivity contribution in [1.29, 1.82) is 0 Å². The molecule has 4 aromatic rings. The van der Waals surface area contributed by atoms with Gasteiger partial charge in [0.25, 0.3) is 0 Å². The van der Waals surface area contributed by atoms with Crippen molar-refractivity contribution < 1.29 is 4.79 Å². The van der Waals surface area contributed by atoms with E-state index in [-0.39, 0.29) is 5.91 Å². The Morgan fingerprint density at radius 1 is 0.852 bits per heavy atom. The highest BCUT2D eigenvalue weighted by Crippen LogP contribution is 2.24. The normalized spacial score (nSPS) is 10.7. The molecule has 0 aliphatic carbocycles. The topological polar surface area (TPSA) is 42.0 Å². The van der Waals surface area contributed by atoms with Crippen LogP contribution in [0.5, 0.6) is 0 Å². The largest absolute Gasteiger partial charge is 0.325 e. The van der Waals surface area contributed by atoms with Crippen molar-refractivity contribution in [2.24, 2.45) is 0 Å². The fraction of sp³-hybridized carbons (Fsp3) is 0.0435. The van der Waals surface area contributed by atoms with Crippen LogP contribution in [0.2, 0.25) is 0 Å². The molecule has 4 heteroatoms. The molecule has 1 N–H and O–H groups in total. The first-order valence-electron chi connectivity index (χ1n) is 8.72. The Kier molecular flexibility index (Phi) is 5.17. The molecule has 0 atom stereocenters. The van der Waals surface area contributed by atoms with E-state index in [9.17, 15) is 4.79 Å². The molecule has 0 spiro atoms. The number of pyridine rings is 1. The highest BCUT2D eigenvalue weighted by Gasteiger charge is 2.06. The minimum atomic E-state index is -0.0209. The molecule has 0 fully saturated rings. The number of fused-ring (bicyclic) bond motifs is 1. The predicted molar refractivity (Wildman–Crippen MR) is 113 cm³/mol. The SMILES string of the molecule is O=C(CSc1ccccc1)Nc1cccc(-c2ccc3ccccc3n2)c1. The molecule has 3 nitrogen and oxygen atoms in total. The number of aromatic nitrogens is 1. The molecular formula is C23H18N2OS. The molecule has 27 heavy (non-hydrogen) atoms. The Labute approximate surface area is 162 Å². The molecular weight excluding hydrogens is 352 g/mol. The summed E-state index contributed by atoms with van der Waals surface area (Å²) in [6.45, 7) is 0. The van der Waals surface area contributed by atoms with E-state index in [4.69, 9.17) is 4.98 Å².